The van der Waals surface area contributed by atoms with Gasteiger partial charge in [-0.1, -0.05) is 12.1 Å². The van der Waals surface area contributed by atoms with E-state index < -0.39 is 21.9 Å². The quantitative estimate of drug-likeness (QED) is 0.796. The topological polar surface area (TPSA) is 43.4 Å². The summed E-state index contributed by atoms with van der Waals surface area (Å²) in [6.45, 7) is 3.50. The SMILES string of the molecule is Cc1cccc(OS(=O)(=O)c2ccc(C(F)(F)F)cc2)c1C. The second-order valence-corrected chi connectivity index (χ2v) is 6.30. The Morgan fingerprint density at radius 2 is 1.55 bits per heavy atom. The van der Waals surface area contributed by atoms with Crippen molar-refractivity contribution in [1.29, 1.82) is 0 Å². The fraction of sp³-hybridized carbons (Fsp3) is 0.200. The molecule has 0 fully saturated rings. The number of aryl methyl sites for hydroxylation is 1. The van der Waals surface area contributed by atoms with Gasteiger partial charge in [0.2, 0.25) is 0 Å². The van der Waals surface area contributed by atoms with Crippen molar-refractivity contribution in [3.05, 3.63) is 59.2 Å². The van der Waals surface area contributed by atoms with Crippen molar-refractivity contribution in [2.75, 3.05) is 0 Å². The van der Waals surface area contributed by atoms with E-state index in [9.17, 15) is 21.6 Å². The van der Waals surface area contributed by atoms with Gasteiger partial charge in [0.15, 0.2) is 0 Å². The van der Waals surface area contributed by atoms with E-state index >= 15 is 0 Å². The first-order chi connectivity index (χ1) is 10.1. The van der Waals surface area contributed by atoms with Crippen LogP contribution in [0.2, 0.25) is 0 Å². The van der Waals surface area contributed by atoms with Gasteiger partial charge in [0.1, 0.15) is 10.6 Å². The van der Waals surface area contributed by atoms with Crippen LogP contribution in [0.5, 0.6) is 5.75 Å². The Kier molecular flexibility index (Phi) is 4.19. The molecule has 7 heteroatoms. The van der Waals surface area contributed by atoms with E-state index in [1.807, 2.05) is 0 Å². The van der Waals surface area contributed by atoms with Crippen molar-refractivity contribution < 1.29 is 25.8 Å². The molecule has 0 aromatic heterocycles. The molecule has 0 aliphatic rings. The van der Waals surface area contributed by atoms with E-state index in [-0.39, 0.29) is 10.6 Å². The maximum Gasteiger partial charge on any atom is 0.416 e. The highest BCUT2D eigenvalue weighted by molar-refractivity contribution is 7.87. The van der Waals surface area contributed by atoms with E-state index in [0.717, 1.165) is 17.7 Å². The number of benzene rings is 2. The summed E-state index contributed by atoms with van der Waals surface area (Å²) in [5.74, 6) is 0.153. The standard InChI is InChI=1S/C15H13F3O3S/c1-10-4-3-5-14(11(10)2)21-22(19,20)13-8-6-12(7-9-13)15(16,17)18/h3-9H,1-2H3. The third-order valence-corrected chi connectivity index (χ3v) is 4.47. The number of halogens is 3. The first-order valence-corrected chi connectivity index (χ1v) is 7.70. The number of hydrogen-bond donors (Lipinski definition) is 0. The second kappa shape index (κ2) is 5.64. The van der Waals surface area contributed by atoms with Gasteiger partial charge in [-0.3, -0.25) is 0 Å². The molecular formula is C15H13F3O3S. The zero-order chi connectivity index (χ0) is 16.5. The van der Waals surface area contributed by atoms with Gasteiger partial charge in [-0.15, -0.1) is 0 Å². The number of hydrogen-bond acceptors (Lipinski definition) is 3. The summed E-state index contributed by atoms with van der Waals surface area (Å²) in [4.78, 5) is -0.332. The van der Waals surface area contributed by atoms with Gasteiger partial charge in [0.25, 0.3) is 0 Å². The molecule has 0 spiro atoms. The molecule has 2 aromatic rings. The average Bonchev–Trinajstić information content (AvgIpc) is 2.43. The highest BCUT2D eigenvalue weighted by Crippen LogP contribution is 2.30. The second-order valence-electron chi connectivity index (χ2n) is 4.76. The third-order valence-electron chi connectivity index (χ3n) is 3.22. The fourth-order valence-electron chi connectivity index (χ4n) is 1.79. The lowest BCUT2D eigenvalue weighted by Crippen LogP contribution is -2.12. The van der Waals surface area contributed by atoms with Crippen LogP contribution in [0.4, 0.5) is 13.2 Å². The average molecular weight is 330 g/mol. The first kappa shape index (κ1) is 16.4. The predicted molar refractivity (Wildman–Crippen MR) is 75.2 cm³/mol. The molecule has 0 unspecified atom stereocenters. The van der Waals surface area contributed by atoms with Crippen molar-refractivity contribution in [2.24, 2.45) is 0 Å². The number of rotatable bonds is 3. The predicted octanol–water partition coefficient (Wildman–Crippen LogP) is 4.09. The zero-order valence-electron chi connectivity index (χ0n) is 11.8. The minimum Gasteiger partial charge on any atom is -0.379 e. The van der Waals surface area contributed by atoms with Crippen LogP contribution >= 0.6 is 0 Å². The third kappa shape index (κ3) is 3.41. The van der Waals surface area contributed by atoms with Gasteiger partial charge in [-0.2, -0.15) is 21.6 Å². The van der Waals surface area contributed by atoms with Crippen molar-refractivity contribution in [1.82, 2.24) is 0 Å². The Morgan fingerprint density at radius 1 is 0.955 bits per heavy atom. The van der Waals surface area contributed by atoms with Crippen molar-refractivity contribution in [2.45, 2.75) is 24.9 Å². The highest BCUT2D eigenvalue weighted by Gasteiger charge is 2.31. The van der Waals surface area contributed by atoms with Gasteiger partial charge in [0.05, 0.1) is 5.56 Å². The summed E-state index contributed by atoms with van der Waals surface area (Å²) < 4.78 is 66.7. The lowest BCUT2D eigenvalue weighted by atomic mass is 10.1. The molecule has 0 heterocycles. The molecule has 118 valence electrons. The molecule has 0 amide bonds. The molecular weight excluding hydrogens is 317 g/mol. The minimum absolute atomic E-state index is 0.153. The smallest absolute Gasteiger partial charge is 0.379 e. The molecule has 0 saturated carbocycles. The molecule has 22 heavy (non-hydrogen) atoms. The van der Waals surface area contributed by atoms with E-state index in [4.69, 9.17) is 4.18 Å². The van der Waals surface area contributed by atoms with Gasteiger partial charge in [-0.05, 0) is 55.3 Å². The Hall–Kier alpha value is -2.02. The van der Waals surface area contributed by atoms with E-state index in [2.05, 4.69) is 0 Å². The Bertz CT molecular complexity index is 779. The summed E-state index contributed by atoms with van der Waals surface area (Å²) in [6, 6.07) is 8.10. The molecule has 0 saturated heterocycles. The largest absolute Gasteiger partial charge is 0.416 e. The summed E-state index contributed by atoms with van der Waals surface area (Å²) in [6.07, 6.45) is -4.52. The van der Waals surface area contributed by atoms with Crippen LogP contribution in [0, 0.1) is 13.8 Å². The van der Waals surface area contributed by atoms with Crippen molar-refractivity contribution in [3.8, 4) is 5.75 Å². The van der Waals surface area contributed by atoms with E-state index in [1.165, 1.54) is 6.07 Å². The van der Waals surface area contributed by atoms with Crippen LogP contribution in [-0.2, 0) is 16.3 Å². The van der Waals surface area contributed by atoms with E-state index in [0.29, 0.717) is 17.7 Å². The van der Waals surface area contributed by atoms with Gasteiger partial charge in [-0.25, -0.2) is 0 Å². The summed E-state index contributed by atoms with van der Waals surface area (Å²) in [7, 11) is -4.18. The summed E-state index contributed by atoms with van der Waals surface area (Å²) >= 11 is 0. The molecule has 0 atom stereocenters. The van der Waals surface area contributed by atoms with Gasteiger partial charge in [0, 0.05) is 0 Å². The van der Waals surface area contributed by atoms with Crippen LogP contribution in [0.15, 0.2) is 47.4 Å². The number of alkyl halides is 3. The zero-order valence-corrected chi connectivity index (χ0v) is 12.6. The first-order valence-electron chi connectivity index (χ1n) is 6.29. The van der Waals surface area contributed by atoms with Crippen LogP contribution in [-0.4, -0.2) is 8.42 Å². The Labute approximate surface area is 126 Å². The van der Waals surface area contributed by atoms with Crippen LogP contribution in [0.25, 0.3) is 0 Å². The molecule has 0 radical (unpaired) electrons. The normalized spacial score (nSPS) is 12.2. The Balaban J connectivity index is 2.33. The van der Waals surface area contributed by atoms with Gasteiger partial charge < -0.3 is 4.18 Å². The highest BCUT2D eigenvalue weighted by atomic mass is 32.2. The van der Waals surface area contributed by atoms with Crippen LogP contribution < -0.4 is 4.18 Å². The lowest BCUT2D eigenvalue weighted by Gasteiger charge is -2.12. The maximum absolute atomic E-state index is 12.5. The Morgan fingerprint density at radius 3 is 2.09 bits per heavy atom. The van der Waals surface area contributed by atoms with Crippen LogP contribution in [0.1, 0.15) is 16.7 Å². The van der Waals surface area contributed by atoms with Gasteiger partial charge >= 0.3 is 16.3 Å². The minimum atomic E-state index is -4.52. The molecule has 2 rings (SSSR count). The summed E-state index contributed by atoms with van der Waals surface area (Å²) in [5.41, 5.74) is 0.580. The molecule has 3 nitrogen and oxygen atoms in total. The van der Waals surface area contributed by atoms with E-state index in [1.54, 1.807) is 26.0 Å². The monoisotopic (exact) mass is 330 g/mol. The maximum atomic E-state index is 12.5. The molecule has 0 N–H and O–H groups in total. The molecule has 0 bridgehead atoms. The van der Waals surface area contributed by atoms with Crippen molar-refractivity contribution >= 4 is 10.1 Å². The fourth-order valence-corrected chi connectivity index (χ4v) is 2.77. The van der Waals surface area contributed by atoms with Crippen LogP contribution in [0.3, 0.4) is 0 Å². The molecule has 0 aliphatic carbocycles. The van der Waals surface area contributed by atoms with Crippen molar-refractivity contribution in [3.63, 3.8) is 0 Å². The lowest BCUT2D eigenvalue weighted by molar-refractivity contribution is -0.137. The summed E-state index contributed by atoms with van der Waals surface area (Å²) in [5, 5.41) is 0. The molecule has 2 aromatic carbocycles. The molecule has 0 aliphatic heterocycles.